The largest absolute Gasteiger partial charge is 0.481 e. The van der Waals surface area contributed by atoms with E-state index >= 15 is 0 Å². The molecular weight excluding hydrogens is 232 g/mol. The van der Waals surface area contributed by atoms with Crippen molar-refractivity contribution < 1.29 is 19.8 Å². The molecule has 2 unspecified atom stereocenters. The molecule has 0 amide bonds. The predicted octanol–water partition coefficient (Wildman–Crippen LogP) is 3.79. The molecule has 0 aliphatic rings. The van der Waals surface area contributed by atoms with E-state index in [1.807, 2.05) is 6.92 Å². The third-order valence-corrected chi connectivity index (χ3v) is 3.11. The van der Waals surface area contributed by atoms with E-state index in [0.29, 0.717) is 24.7 Å². The van der Waals surface area contributed by atoms with Crippen LogP contribution < -0.4 is 0 Å². The molecule has 2 N–H and O–H groups in total. The molecule has 0 aromatic heterocycles. The molecule has 0 rings (SSSR count). The van der Waals surface area contributed by atoms with Gasteiger partial charge in [-0.25, -0.2) is 0 Å². The molecule has 0 bridgehead atoms. The van der Waals surface area contributed by atoms with Crippen LogP contribution in [0.15, 0.2) is 0 Å². The van der Waals surface area contributed by atoms with E-state index in [-0.39, 0.29) is 0 Å². The van der Waals surface area contributed by atoms with Crippen LogP contribution in [-0.4, -0.2) is 22.2 Å². The first kappa shape index (κ1) is 19.3. The fourth-order valence-electron chi connectivity index (χ4n) is 1.41. The summed E-state index contributed by atoms with van der Waals surface area (Å²) in [5, 5.41) is 16.6. The van der Waals surface area contributed by atoms with Gasteiger partial charge in [0.25, 0.3) is 0 Å². The minimum absolute atomic E-state index is 0.301. The third-order valence-electron chi connectivity index (χ3n) is 3.11. The van der Waals surface area contributed by atoms with Crippen molar-refractivity contribution in [1.82, 2.24) is 0 Å². The molecule has 0 aliphatic carbocycles. The predicted molar refractivity (Wildman–Crippen MR) is 72.6 cm³/mol. The third kappa shape index (κ3) is 14.9. The van der Waals surface area contributed by atoms with Gasteiger partial charge in [-0.3, -0.25) is 9.59 Å². The summed E-state index contributed by atoms with van der Waals surface area (Å²) in [5.41, 5.74) is 0. The lowest BCUT2D eigenvalue weighted by Crippen LogP contribution is -2.11. The van der Waals surface area contributed by atoms with E-state index in [9.17, 15) is 9.59 Å². The molecule has 4 nitrogen and oxygen atoms in total. The highest BCUT2D eigenvalue weighted by atomic mass is 16.4. The van der Waals surface area contributed by atoms with Crippen LogP contribution in [0.5, 0.6) is 0 Å². The lowest BCUT2D eigenvalue weighted by atomic mass is 9.91. The van der Waals surface area contributed by atoms with Crippen molar-refractivity contribution in [3.8, 4) is 0 Å². The average Bonchev–Trinajstić information content (AvgIpc) is 2.27. The minimum Gasteiger partial charge on any atom is -0.481 e. The molecule has 0 radical (unpaired) electrons. The number of hydrogen-bond donors (Lipinski definition) is 2. The van der Waals surface area contributed by atoms with Gasteiger partial charge in [0.05, 0.1) is 0 Å². The van der Waals surface area contributed by atoms with Crippen LogP contribution in [0.2, 0.25) is 0 Å². The van der Waals surface area contributed by atoms with Gasteiger partial charge < -0.3 is 10.2 Å². The van der Waals surface area contributed by atoms with Crippen LogP contribution in [0.3, 0.4) is 0 Å². The normalized spacial score (nSPS) is 13.1. The van der Waals surface area contributed by atoms with Crippen molar-refractivity contribution in [1.29, 1.82) is 0 Å². The molecule has 0 saturated carbocycles. The Bertz CT molecular complexity index is 226. The monoisotopic (exact) mass is 260 g/mol. The van der Waals surface area contributed by atoms with Gasteiger partial charge in [0.15, 0.2) is 0 Å². The van der Waals surface area contributed by atoms with Crippen molar-refractivity contribution >= 4 is 11.9 Å². The van der Waals surface area contributed by atoms with E-state index in [2.05, 4.69) is 20.8 Å². The van der Waals surface area contributed by atoms with Crippen LogP contribution in [0.25, 0.3) is 0 Å². The van der Waals surface area contributed by atoms with Gasteiger partial charge in [-0.1, -0.05) is 47.0 Å². The minimum atomic E-state index is -0.687. The number of rotatable bonds is 8. The summed E-state index contributed by atoms with van der Waals surface area (Å²) in [5.74, 6) is -0.537. The summed E-state index contributed by atoms with van der Waals surface area (Å²) in [7, 11) is 0. The number of aliphatic carboxylic acids is 2. The highest BCUT2D eigenvalue weighted by Crippen LogP contribution is 2.17. The van der Waals surface area contributed by atoms with Gasteiger partial charge in [0.1, 0.15) is 0 Å². The van der Waals surface area contributed by atoms with Crippen molar-refractivity contribution in [2.75, 3.05) is 0 Å². The molecule has 0 heterocycles. The smallest absolute Gasteiger partial charge is 0.303 e. The first-order valence-electron chi connectivity index (χ1n) is 6.78. The fraction of sp³-hybridized carbons (Fsp3) is 0.857. The zero-order chi connectivity index (χ0) is 14.6. The Kier molecular flexibility index (Phi) is 13.3. The number of hydrogen-bond acceptors (Lipinski definition) is 2. The molecule has 0 aromatic rings. The van der Waals surface area contributed by atoms with Gasteiger partial charge in [-0.05, 0) is 18.3 Å². The Balaban J connectivity index is 0. The first-order chi connectivity index (χ1) is 8.34. The van der Waals surface area contributed by atoms with Crippen LogP contribution >= 0.6 is 0 Å². The second-order valence-corrected chi connectivity index (χ2v) is 4.81. The molecule has 108 valence electrons. The van der Waals surface area contributed by atoms with E-state index in [4.69, 9.17) is 10.2 Å². The Morgan fingerprint density at radius 1 is 0.944 bits per heavy atom. The first-order valence-corrected chi connectivity index (χ1v) is 6.78. The molecule has 18 heavy (non-hydrogen) atoms. The highest BCUT2D eigenvalue weighted by molar-refractivity contribution is 5.67. The summed E-state index contributed by atoms with van der Waals surface area (Å²) < 4.78 is 0. The molecule has 0 spiro atoms. The Morgan fingerprint density at radius 3 is 1.83 bits per heavy atom. The Labute approximate surface area is 110 Å². The van der Waals surface area contributed by atoms with Crippen LogP contribution in [-0.2, 0) is 9.59 Å². The second kappa shape index (κ2) is 12.4. The SMILES string of the molecule is CCC(C)C(C)CC(=O)O.CCCCCC(=O)O. The van der Waals surface area contributed by atoms with Gasteiger partial charge in [-0.15, -0.1) is 0 Å². The lowest BCUT2D eigenvalue weighted by molar-refractivity contribution is -0.138. The summed E-state index contributed by atoms with van der Waals surface area (Å²) in [4.78, 5) is 20.1. The maximum absolute atomic E-state index is 10.2. The highest BCUT2D eigenvalue weighted by Gasteiger charge is 2.12. The van der Waals surface area contributed by atoms with Crippen molar-refractivity contribution in [3.63, 3.8) is 0 Å². The van der Waals surface area contributed by atoms with E-state index < -0.39 is 11.9 Å². The standard InChI is InChI=1S/C8H16O2.C6H12O2/c1-4-6(2)7(3)5-8(9)10;1-2-3-4-5-6(7)8/h6-7H,4-5H2,1-3H3,(H,9,10);2-5H2,1H3,(H,7,8). The van der Waals surface area contributed by atoms with Gasteiger partial charge in [0, 0.05) is 12.8 Å². The zero-order valence-electron chi connectivity index (χ0n) is 12.1. The molecule has 4 heteroatoms. The van der Waals surface area contributed by atoms with Gasteiger partial charge in [0.2, 0.25) is 0 Å². The quantitative estimate of drug-likeness (QED) is 0.651. The lowest BCUT2D eigenvalue weighted by Gasteiger charge is -2.14. The topological polar surface area (TPSA) is 74.6 Å². The van der Waals surface area contributed by atoms with Crippen molar-refractivity contribution in [2.45, 2.75) is 66.2 Å². The molecular formula is C14H28O4. The van der Waals surface area contributed by atoms with Gasteiger partial charge in [-0.2, -0.15) is 0 Å². The average molecular weight is 260 g/mol. The van der Waals surface area contributed by atoms with E-state index in [1.165, 1.54) is 0 Å². The zero-order valence-corrected chi connectivity index (χ0v) is 12.1. The number of carboxylic acid groups (broad SMARTS) is 2. The molecule has 0 aliphatic heterocycles. The number of unbranched alkanes of at least 4 members (excludes halogenated alkanes) is 2. The van der Waals surface area contributed by atoms with Crippen LogP contribution in [0.1, 0.15) is 66.2 Å². The van der Waals surface area contributed by atoms with Crippen LogP contribution in [0.4, 0.5) is 0 Å². The Hall–Kier alpha value is -1.06. The summed E-state index contributed by atoms with van der Waals surface area (Å²) in [6.07, 6.45) is 4.64. The second-order valence-electron chi connectivity index (χ2n) is 4.81. The maximum Gasteiger partial charge on any atom is 0.303 e. The molecule has 0 fully saturated rings. The fourth-order valence-corrected chi connectivity index (χ4v) is 1.41. The number of carboxylic acids is 2. The van der Waals surface area contributed by atoms with Crippen molar-refractivity contribution in [3.05, 3.63) is 0 Å². The summed E-state index contributed by atoms with van der Waals surface area (Å²) in [6, 6.07) is 0. The molecule has 2 atom stereocenters. The van der Waals surface area contributed by atoms with E-state index in [1.54, 1.807) is 0 Å². The molecule has 0 aromatic carbocycles. The van der Waals surface area contributed by atoms with Crippen LogP contribution in [0, 0.1) is 11.8 Å². The summed E-state index contributed by atoms with van der Waals surface area (Å²) >= 11 is 0. The molecule has 0 saturated heterocycles. The van der Waals surface area contributed by atoms with Crippen molar-refractivity contribution in [2.24, 2.45) is 11.8 Å². The Morgan fingerprint density at radius 2 is 1.50 bits per heavy atom. The number of carbonyl (C=O) groups is 2. The van der Waals surface area contributed by atoms with Gasteiger partial charge >= 0.3 is 11.9 Å². The summed E-state index contributed by atoms with van der Waals surface area (Å²) in [6.45, 7) is 8.22. The maximum atomic E-state index is 10.2. The van der Waals surface area contributed by atoms with E-state index in [0.717, 1.165) is 25.7 Å².